The van der Waals surface area contributed by atoms with Crippen molar-refractivity contribution in [3.05, 3.63) is 0 Å². The number of amides is 1. The zero-order valence-electron chi connectivity index (χ0n) is 10.5. The van der Waals surface area contributed by atoms with Crippen LogP contribution in [0.2, 0.25) is 0 Å². The first kappa shape index (κ1) is 15.9. The number of ether oxygens (including phenoxy) is 1. The lowest BCUT2D eigenvalue weighted by Crippen LogP contribution is -2.44. The van der Waals surface area contributed by atoms with E-state index in [0.29, 0.717) is 6.42 Å². The molecule has 7 heteroatoms. The maximum Gasteiger partial charge on any atom is 0.328 e. The highest BCUT2D eigenvalue weighted by Crippen LogP contribution is 2.06. The highest BCUT2D eigenvalue weighted by molar-refractivity contribution is 7.91. The predicted molar refractivity (Wildman–Crippen MR) is 63.1 cm³/mol. The van der Waals surface area contributed by atoms with E-state index in [1.807, 2.05) is 13.8 Å². The van der Waals surface area contributed by atoms with Crippen LogP contribution in [-0.2, 0) is 24.2 Å². The second kappa shape index (κ2) is 6.58. The normalized spacial score (nSPS) is 13.2. The van der Waals surface area contributed by atoms with Crippen molar-refractivity contribution in [3.63, 3.8) is 0 Å². The van der Waals surface area contributed by atoms with Gasteiger partial charge in [-0.3, -0.25) is 4.79 Å². The molecule has 0 saturated carbocycles. The van der Waals surface area contributed by atoms with E-state index in [2.05, 4.69) is 10.1 Å². The van der Waals surface area contributed by atoms with Crippen molar-refractivity contribution in [1.29, 1.82) is 0 Å². The quantitative estimate of drug-likeness (QED) is 0.668. The molecule has 1 N–H and O–H groups in total. The number of carbonyl (C=O) groups excluding carboxylic acids is 2. The first-order valence-corrected chi connectivity index (χ1v) is 7.26. The average molecular weight is 265 g/mol. The summed E-state index contributed by atoms with van der Waals surface area (Å²) in [6.07, 6.45) is 1.37. The van der Waals surface area contributed by atoms with Crippen LogP contribution in [0, 0.1) is 5.92 Å². The smallest absolute Gasteiger partial charge is 0.328 e. The Morgan fingerprint density at radius 1 is 1.29 bits per heavy atom. The molecule has 6 nitrogen and oxygen atoms in total. The minimum absolute atomic E-state index is 0.178. The van der Waals surface area contributed by atoms with Gasteiger partial charge in [-0.2, -0.15) is 0 Å². The van der Waals surface area contributed by atoms with Gasteiger partial charge >= 0.3 is 5.97 Å². The third kappa shape index (κ3) is 7.73. The summed E-state index contributed by atoms with van der Waals surface area (Å²) >= 11 is 0. The molecule has 1 amide bonds. The van der Waals surface area contributed by atoms with Gasteiger partial charge < -0.3 is 10.1 Å². The van der Waals surface area contributed by atoms with Gasteiger partial charge in [0, 0.05) is 6.26 Å². The fraction of sp³-hybridized carbons (Fsp3) is 0.800. The SMILES string of the molecule is COC(=O)C(CC(C)C)NC(=O)CS(C)(=O)=O. The fourth-order valence-corrected chi connectivity index (χ4v) is 1.86. The first-order chi connectivity index (χ1) is 7.65. The van der Waals surface area contributed by atoms with Crippen LogP contribution in [-0.4, -0.2) is 45.5 Å². The van der Waals surface area contributed by atoms with Crippen molar-refractivity contribution >= 4 is 21.7 Å². The highest BCUT2D eigenvalue weighted by Gasteiger charge is 2.23. The molecule has 1 atom stereocenters. The van der Waals surface area contributed by atoms with Crippen molar-refractivity contribution in [2.24, 2.45) is 5.92 Å². The van der Waals surface area contributed by atoms with Gasteiger partial charge in [-0.05, 0) is 12.3 Å². The van der Waals surface area contributed by atoms with E-state index >= 15 is 0 Å². The van der Waals surface area contributed by atoms with Crippen LogP contribution in [0.15, 0.2) is 0 Å². The molecule has 17 heavy (non-hydrogen) atoms. The summed E-state index contributed by atoms with van der Waals surface area (Å²) in [6.45, 7) is 3.78. The number of sulfone groups is 1. The molecule has 0 aromatic heterocycles. The van der Waals surface area contributed by atoms with Gasteiger partial charge in [-0.25, -0.2) is 13.2 Å². The van der Waals surface area contributed by atoms with Gasteiger partial charge in [-0.1, -0.05) is 13.8 Å². The molecule has 0 aliphatic rings. The molecule has 1 unspecified atom stereocenters. The third-order valence-electron chi connectivity index (χ3n) is 1.92. The van der Waals surface area contributed by atoms with Crippen LogP contribution in [0.4, 0.5) is 0 Å². The Bertz CT molecular complexity index is 374. The molecule has 0 heterocycles. The lowest BCUT2D eigenvalue weighted by Gasteiger charge is -2.17. The Morgan fingerprint density at radius 3 is 2.18 bits per heavy atom. The zero-order valence-corrected chi connectivity index (χ0v) is 11.3. The lowest BCUT2D eigenvalue weighted by molar-refractivity contribution is -0.145. The van der Waals surface area contributed by atoms with Gasteiger partial charge in [0.05, 0.1) is 7.11 Å². The number of carbonyl (C=O) groups is 2. The Kier molecular flexibility index (Phi) is 6.15. The molecule has 0 aromatic carbocycles. The monoisotopic (exact) mass is 265 g/mol. The Labute approximate surface area is 102 Å². The first-order valence-electron chi connectivity index (χ1n) is 5.20. The summed E-state index contributed by atoms with van der Waals surface area (Å²) in [5.41, 5.74) is 0. The molecule has 0 aliphatic carbocycles. The number of hydrogen-bond donors (Lipinski definition) is 1. The van der Waals surface area contributed by atoms with E-state index < -0.39 is 33.5 Å². The molecule has 0 fully saturated rings. The van der Waals surface area contributed by atoms with Crippen molar-refractivity contribution < 1.29 is 22.7 Å². The Hall–Kier alpha value is -1.11. The molecule has 0 rings (SSSR count). The van der Waals surface area contributed by atoms with Crippen LogP contribution < -0.4 is 5.32 Å². The fourth-order valence-electron chi connectivity index (χ4n) is 1.30. The van der Waals surface area contributed by atoms with E-state index in [1.54, 1.807) is 0 Å². The summed E-state index contributed by atoms with van der Waals surface area (Å²) in [7, 11) is -2.17. The van der Waals surface area contributed by atoms with Gasteiger partial charge in [0.2, 0.25) is 5.91 Å². The lowest BCUT2D eigenvalue weighted by atomic mass is 10.0. The molecule has 0 aliphatic heterocycles. The molecular weight excluding hydrogens is 246 g/mol. The number of hydrogen-bond acceptors (Lipinski definition) is 5. The van der Waals surface area contributed by atoms with Crippen molar-refractivity contribution in [1.82, 2.24) is 5.32 Å². The van der Waals surface area contributed by atoms with E-state index in [-0.39, 0.29) is 5.92 Å². The van der Waals surface area contributed by atoms with Crippen LogP contribution >= 0.6 is 0 Å². The van der Waals surface area contributed by atoms with Gasteiger partial charge in [0.25, 0.3) is 0 Å². The number of rotatable bonds is 6. The van der Waals surface area contributed by atoms with Crippen LogP contribution in [0.5, 0.6) is 0 Å². The second-order valence-electron chi connectivity index (χ2n) is 4.34. The maximum atomic E-state index is 11.4. The zero-order chi connectivity index (χ0) is 13.6. The summed E-state index contributed by atoms with van der Waals surface area (Å²) in [6, 6.07) is -0.797. The minimum atomic E-state index is -3.39. The second-order valence-corrected chi connectivity index (χ2v) is 6.48. The minimum Gasteiger partial charge on any atom is -0.467 e. The summed E-state index contributed by atoms with van der Waals surface area (Å²) < 4.78 is 26.4. The van der Waals surface area contributed by atoms with E-state index in [9.17, 15) is 18.0 Å². The molecule has 0 aromatic rings. The number of methoxy groups -OCH3 is 1. The standard InChI is InChI=1S/C10H19NO5S/c1-7(2)5-8(10(13)16-3)11-9(12)6-17(4,14)15/h7-8H,5-6H2,1-4H3,(H,11,12). The van der Waals surface area contributed by atoms with Crippen LogP contribution in [0.3, 0.4) is 0 Å². The summed E-state index contributed by atoms with van der Waals surface area (Å²) in [5, 5.41) is 2.36. The largest absolute Gasteiger partial charge is 0.467 e. The van der Waals surface area contributed by atoms with Crippen molar-refractivity contribution in [2.45, 2.75) is 26.3 Å². The van der Waals surface area contributed by atoms with Crippen LogP contribution in [0.25, 0.3) is 0 Å². The third-order valence-corrected chi connectivity index (χ3v) is 2.71. The van der Waals surface area contributed by atoms with Crippen molar-refractivity contribution in [2.75, 3.05) is 19.1 Å². The van der Waals surface area contributed by atoms with Gasteiger partial charge in [-0.15, -0.1) is 0 Å². The molecule has 100 valence electrons. The molecule has 0 radical (unpaired) electrons. The topological polar surface area (TPSA) is 89.5 Å². The maximum absolute atomic E-state index is 11.4. The van der Waals surface area contributed by atoms with Crippen molar-refractivity contribution in [3.8, 4) is 0 Å². The molecular formula is C10H19NO5S. The van der Waals surface area contributed by atoms with Gasteiger partial charge in [0.1, 0.15) is 11.8 Å². The molecule has 0 saturated heterocycles. The number of nitrogens with one attached hydrogen (secondary N) is 1. The average Bonchev–Trinajstić information content (AvgIpc) is 2.11. The predicted octanol–water partition coefficient (Wildman–Crippen LogP) is -0.265. The Balaban J connectivity index is 4.53. The Morgan fingerprint density at radius 2 is 1.82 bits per heavy atom. The highest BCUT2D eigenvalue weighted by atomic mass is 32.2. The summed E-state index contributed by atoms with van der Waals surface area (Å²) in [4.78, 5) is 22.7. The summed E-state index contributed by atoms with van der Waals surface area (Å²) in [5.74, 6) is -1.71. The van der Waals surface area contributed by atoms with Gasteiger partial charge in [0.15, 0.2) is 9.84 Å². The van der Waals surface area contributed by atoms with E-state index in [1.165, 1.54) is 7.11 Å². The van der Waals surface area contributed by atoms with E-state index in [0.717, 1.165) is 6.26 Å². The number of esters is 1. The van der Waals surface area contributed by atoms with Crippen LogP contribution in [0.1, 0.15) is 20.3 Å². The van der Waals surface area contributed by atoms with E-state index in [4.69, 9.17) is 0 Å². The molecule has 0 bridgehead atoms. The molecule has 0 spiro atoms.